The van der Waals surface area contributed by atoms with E-state index in [9.17, 15) is 4.79 Å². The molecule has 0 amide bonds. The third-order valence-corrected chi connectivity index (χ3v) is 0.945. The van der Waals surface area contributed by atoms with Gasteiger partial charge in [-0.1, -0.05) is 13.8 Å². The maximum atomic E-state index is 10.1. The summed E-state index contributed by atoms with van der Waals surface area (Å²) in [6.45, 7) is 4.74. The number of carbonyl (C=O) groups is 1. The summed E-state index contributed by atoms with van der Waals surface area (Å²) >= 11 is 5.06. The van der Waals surface area contributed by atoms with E-state index in [2.05, 4.69) is 0 Å². The zero-order chi connectivity index (χ0) is 8.57. The van der Waals surface area contributed by atoms with E-state index in [-0.39, 0.29) is 5.24 Å². The number of halogens is 1. The van der Waals surface area contributed by atoms with E-state index >= 15 is 0 Å². The quantitative estimate of drug-likeness (QED) is 0.594. The van der Waals surface area contributed by atoms with Crippen LogP contribution >= 0.6 is 11.6 Å². The van der Waals surface area contributed by atoms with E-state index in [4.69, 9.17) is 11.6 Å². The first kappa shape index (κ1) is 12.6. The van der Waals surface area contributed by atoms with Crippen molar-refractivity contribution in [1.29, 1.82) is 0 Å². The maximum Gasteiger partial charge on any atom is 0.222 e. The smallest absolute Gasteiger partial charge is 0.222 e. The second-order valence-corrected chi connectivity index (χ2v) is 2.33. The second-order valence-electron chi connectivity index (χ2n) is 1.91. The SMILES string of the molecule is CC.CN(C)CCC(=O)Cl. The average molecular weight is 166 g/mol. The monoisotopic (exact) mass is 165 g/mol. The summed E-state index contributed by atoms with van der Waals surface area (Å²) in [6, 6.07) is 0. The van der Waals surface area contributed by atoms with Gasteiger partial charge in [-0.05, 0) is 25.7 Å². The zero-order valence-electron chi connectivity index (χ0n) is 7.15. The van der Waals surface area contributed by atoms with Crippen molar-refractivity contribution in [3.63, 3.8) is 0 Å². The minimum absolute atomic E-state index is 0.265. The average Bonchev–Trinajstić information content (AvgIpc) is 1.89. The highest BCUT2D eigenvalue weighted by atomic mass is 35.5. The lowest BCUT2D eigenvalue weighted by molar-refractivity contribution is -0.111. The topological polar surface area (TPSA) is 20.3 Å². The van der Waals surface area contributed by atoms with Gasteiger partial charge >= 0.3 is 0 Å². The number of hydrogen-bond acceptors (Lipinski definition) is 2. The molecule has 0 atom stereocenters. The molecule has 0 heterocycles. The summed E-state index contributed by atoms with van der Waals surface area (Å²) in [5, 5.41) is -0.265. The van der Waals surface area contributed by atoms with Crippen molar-refractivity contribution in [1.82, 2.24) is 4.90 Å². The van der Waals surface area contributed by atoms with Gasteiger partial charge in [0.1, 0.15) is 0 Å². The van der Waals surface area contributed by atoms with Crippen LogP contribution in [0.25, 0.3) is 0 Å². The van der Waals surface area contributed by atoms with Crippen molar-refractivity contribution in [3.05, 3.63) is 0 Å². The summed E-state index contributed by atoms with van der Waals surface area (Å²) in [4.78, 5) is 12.0. The largest absolute Gasteiger partial charge is 0.309 e. The Kier molecular flexibility index (Phi) is 11.2. The molecule has 62 valence electrons. The molecule has 0 aromatic carbocycles. The van der Waals surface area contributed by atoms with Gasteiger partial charge in [0.15, 0.2) is 0 Å². The molecule has 0 aliphatic carbocycles. The lowest BCUT2D eigenvalue weighted by atomic mass is 10.4. The lowest BCUT2D eigenvalue weighted by Gasteiger charge is -2.04. The van der Waals surface area contributed by atoms with Gasteiger partial charge in [0.2, 0.25) is 5.24 Å². The number of hydrogen-bond donors (Lipinski definition) is 0. The summed E-state index contributed by atoms with van der Waals surface area (Å²) in [6.07, 6.45) is 0.439. The third kappa shape index (κ3) is 15.7. The van der Waals surface area contributed by atoms with Crippen LogP contribution in [0.1, 0.15) is 20.3 Å². The van der Waals surface area contributed by atoms with Crippen molar-refractivity contribution in [2.75, 3.05) is 20.6 Å². The summed E-state index contributed by atoms with van der Waals surface area (Å²) in [5.74, 6) is 0. The van der Waals surface area contributed by atoms with Crippen molar-refractivity contribution in [2.24, 2.45) is 0 Å². The molecular formula is C7H16ClNO. The van der Waals surface area contributed by atoms with Crippen molar-refractivity contribution in [2.45, 2.75) is 20.3 Å². The standard InChI is InChI=1S/C5H10ClNO.C2H6/c1-7(2)4-3-5(6)8;1-2/h3-4H2,1-2H3;1-2H3. The number of nitrogens with zero attached hydrogens (tertiary/aromatic N) is 1. The molecule has 10 heavy (non-hydrogen) atoms. The Morgan fingerprint density at radius 3 is 1.90 bits per heavy atom. The fraction of sp³-hybridized carbons (Fsp3) is 0.857. The minimum Gasteiger partial charge on any atom is -0.309 e. The molecule has 0 saturated heterocycles. The molecule has 0 spiro atoms. The van der Waals surface area contributed by atoms with Gasteiger partial charge in [-0.2, -0.15) is 0 Å². The van der Waals surface area contributed by atoms with E-state index in [0.29, 0.717) is 6.42 Å². The molecule has 0 aromatic rings. The van der Waals surface area contributed by atoms with Gasteiger partial charge in [-0.3, -0.25) is 4.79 Å². The van der Waals surface area contributed by atoms with Crippen LogP contribution in [-0.4, -0.2) is 30.8 Å². The first-order valence-corrected chi connectivity index (χ1v) is 3.84. The van der Waals surface area contributed by atoms with Gasteiger partial charge in [-0.15, -0.1) is 0 Å². The van der Waals surface area contributed by atoms with E-state index < -0.39 is 0 Å². The molecule has 0 bridgehead atoms. The van der Waals surface area contributed by atoms with Crippen LogP contribution < -0.4 is 0 Å². The Morgan fingerprint density at radius 1 is 1.40 bits per heavy atom. The van der Waals surface area contributed by atoms with Crippen molar-refractivity contribution in [3.8, 4) is 0 Å². The van der Waals surface area contributed by atoms with E-state index in [1.807, 2.05) is 32.8 Å². The van der Waals surface area contributed by atoms with Crippen molar-refractivity contribution >= 4 is 16.8 Å². The molecule has 2 nitrogen and oxygen atoms in total. The highest BCUT2D eigenvalue weighted by molar-refractivity contribution is 6.63. The summed E-state index contributed by atoms with van der Waals surface area (Å²) in [7, 11) is 3.81. The molecule has 0 unspecified atom stereocenters. The van der Waals surface area contributed by atoms with Crippen molar-refractivity contribution < 1.29 is 4.79 Å². The molecule has 0 aliphatic rings. The molecular weight excluding hydrogens is 150 g/mol. The van der Waals surface area contributed by atoms with Gasteiger partial charge in [0, 0.05) is 13.0 Å². The van der Waals surface area contributed by atoms with E-state index in [1.54, 1.807) is 0 Å². The number of carbonyl (C=O) groups excluding carboxylic acids is 1. The first-order chi connectivity index (χ1) is 4.63. The van der Waals surface area contributed by atoms with Crippen LogP contribution in [0.4, 0.5) is 0 Å². The molecule has 0 aliphatic heterocycles. The molecule has 3 heteroatoms. The maximum absolute atomic E-state index is 10.1. The van der Waals surface area contributed by atoms with Crippen LogP contribution in [0.3, 0.4) is 0 Å². The van der Waals surface area contributed by atoms with Gasteiger partial charge in [-0.25, -0.2) is 0 Å². The fourth-order valence-corrected chi connectivity index (χ4v) is 0.396. The normalized spacial score (nSPS) is 8.60. The molecule has 0 rings (SSSR count). The van der Waals surface area contributed by atoms with E-state index in [0.717, 1.165) is 6.54 Å². The van der Waals surface area contributed by atoms with Gasteiger partial charge in [0.25, 0.3) is 0 Å². The summed E-state index contributed by atoms with van der Waals surface area (Å²) in [5.41, 5.74) is 0. The van der Waals surface area contributed by atoms with Gasteiger partial charge < -0.3 is 4.90 Å². The minimum atomic E-state index is -0.265. The van der Waals surface area contributed by atoms with E-state index in [1.165, 1.54) is 0 Å². The lowest BCUT2D eigenvalue weighted by Crippen LogP contribution is -2.14. The number of rotatable bonds is 3. The Hall–Kier alpha value is -0.0800. The first-order valence-electron chi connectivity index (χ1n) is 3.46. The fourth-order valence-electron chi connectivity index (χ4n) is 0.312. The predicted molar refractivity (Wildman–Crippen MR) is 45.4 cm³/mol. The second kappa shape index (κ2) is 8.92. The van der Waals surface area contributed by atoms with Crippen LogP contribution in [0.15, 0.2) is 0 Å². The molecule has 0 fully saturated rings. The Morgan fingerprint density at radius 2 is 1.80 bits per heavy atom. The molecule has 0 radical (unpaired) electrons. The molecule has 0 saturated carbocycles. The van der Waals surface area contributed by atoms with Crippen LogP contribution in [-0.2, 0) is 4.79 Å². The Bertz CT molecular complexity index is 83.7. The van der Waals surface area contributed by atoms with Crippen LogP contribution in [0.5, 0.6) is 0 Å². The van der Waals surface area contributed by atoms with Crippen LogP contribution in [0, 0.1) is 0 Å². The molecule has 0 aromatic heterocycles. The Balaban J connectivity index is 0. The Labute approximate surface area is 68.2 Å². The zero-order valence-corrected chi connectivity index (χ0v) is 7.90. The van der Waals surface area contributed by atoms with Crippen LogP contribution in [0.2, 0.25) is 0 Å². The highest BCUT2D eigenvalue weighted by Crippen LogP contribution is 1.88. The summed E-state index contributed by atoms with van der Waals surface area (Å²) < 4.78 is 0. The third-order valence-electron chi connectivity index (χ3n) is 0.756. The predicted octanol–water partition coefficient (Wildman–Crippen LogP) is 1.73. The molecule has 0 N–H and O–H groups in total. The van der Waals surface area contributed by atoms with Gasteiger partial charge in [0.05, 0.1) is 0 Å². The highest BCUT2D eigenvalue weighted by Gasteiger charge is 1.94.